The van der Waals surface area contributed by atoms with Crippen LogP contribution in [0.4, 0.5) is 0 Å². The molecule has 5 heteroatoms. The van der Waals surface area contributed by atoms with Crippen LogP contribution in [0.3, 0.4) is 0 Å². The molecule has 0 aliphatic heterocycles. The molecule has 1 rings (SSSR count). The summed E-state index contributed by atoms with van der Waals surface area (Å²) in [6.45, 7) is 5.57. The molecule has 0 heterocycles. The van der Waals surface area contributed by atoms with E-state index in [0.717, 1.165) is 5.56 Å². The van der Waals surface area contributed by atoms with Crippen molar-refractivity contribution >= 4 is 11.6 Å². The van der Waals surface area contributed by atoms with Gasteiger partial charge in [-0.1, -0.05) is 11.2 Å². The van der Waals surface area contributed by atoms with E-state index in [9.17, 15) is 4.79 Å². The Labute approximate surface area is 106 Å². The molecule has 0 saturated carbocycles. The van der Waals surface area contributed by atoms with Crippen molar-refractivity contribution in [3.63, 3.8) is 0 Å². The third kappa shape index (κ3) is 4.29. The van der Waals surface area contributed by atoms with Gasteiger partial charge in [0.25, 0.3) is 5.91 Å². The van der Waals surface area contributed by atoms with Crippen LogP contribution in [0.15, 0.2) is 42.1 Å². The number of benzene rings is 1. The fraction of sp³-hybridized carbons (Fsp3) is 0.231. The first kappa shape index (κ1) is 13.8. The summed E-state index contributed by atoms with van der Waals surface area (Å²) < 4.78 is 5.28. The molecule has 0 bridgehead atoms. The van der Waals surface area contributed by atoms with Gasteiger partial charge in [-0.2, -0.15) is 0 Å². The van der Waals surface area contributed by atoms with Crippen molar-refractivity contribution in [2.75, 3.05) is 13.2 Å². The van der Waals surface area contributed by atoms with Crippen LogP contribution >= 0.6 is 0 Å². The van der Waals surface area contributed by atoms with Crippen molar-refractivity contribution in [2.45, 2.75) is 6.92 Å². The van der Waals surface area contributed by atoms with Crippen molar-refractivity contribution in [3.05, 3.63) is 42.5 Å². The Morgan fingerprint density at radius 3 is 2.72 bits per heavy atom. The minimum absolute atomic E-state index is 0.0414. The molecule has 0 atom stereocenters. The molecule has 0 unspecified atom stereocenters. The number of nitrogens with zero attached hydrogens (tertiary/aromatic N) is 1. The Kier molecular flexibility index (Phi) is 5.44. The van der Waals surface area contributed by atoms with Gasteiger partial charge in [-0.05, 0) is 36.8 Å². The second-order valence-electron chi connectivity index (χ2n) is 3.59. The van der Waals surface area contributed by atoms with E-state index in [4.69, 9.17) is 9.94 Å². The number of oxime groups is 1. The Bertz CT molecular complexity index is 438. The van der Waals surface area contributed by atoms with Crippen molar-refractivity contribution in [3.8, 4) is 5.75 Å². The highest BCUT2D eigenvalue weighted by atomic mass is 16.5. The minimum atomic E-state index is -0.202. The topological polar surface area (TPSA) is 70.9 Å². The van der Waals surface area contributed by atoms with E-state index in [1.807, 2.05) is 0 Å². The van der Waals surface area contributed by atoms with Crippen LogP contribution in [-0.4, -0.2) is 30.0 Å². The molecular formula is C13H16N2O3. The Morgan fingerprint density at radius 2 is 2.17 bits per heavy atom. The van der Waals surface area contributed by atoms with Crippen molar-refractivity contribution in [1.82, 2.24) is 5.32 Å². The summed E-state index contributed by atoms with van der Waals surface area (Å²) in [7, 11) is 0. The molecule has 1 aromatic rings. The number of carbonyl (C=O) groups excluding carboxylic acids is 1. The zero-order valence-corrected chi connectivity index (χ0v) is 10.2. The average Bonchev–Trinajstić information content (AvgIpc) is 2.42. The third-order valence-corrected chi connectivity index (χ3v) is 2.24. The zero-order chi connectivity index (χ0) is 13.4. The van der Waals surface area contributed by atoms with Gasteiger partial charge in [0.2, 0.25) is 0 Å². The van der Waals surface area contributed by atoms with Gasteiger partial charge in [0.05, 0.1) is 5.71 Å². The SMILES string of the molecule is C=CCNC(=O)COc1ccc(/C(C)=N/O)cc1. The highest BCUT2D eigenvalue weighted by Crippen LogP contribution is 2.12. The van der Waals surface area contributed by atoms with Crippen LogP contribution < -0.4 is 10.1 Å². The molecule has 96 valence electrons. The van der Waals surface area contributed by atoms with Gasteiger partial charge in [-0.25, -0.2) is 0 Å². The first-order valence-corrected chi connectivity index (χ1v) is 5.47. The van der Waals surface area contributed by atoms with Crippen LogP contribution in [-0.2, 0) is 4.79 Å². The lowest BCUT2D eigenvalue weighted by Gasteiger charge is -2.06. The summed E-state index contributed by atoms with van der Waals surface area (Å²) in [5.41, 5.74) is 1.31. The highest BCUT2D eigenvalue weighted by Gasteiger charge is 2.02. The summed E-state index contributed by atoms with van der Waals surface area (Å²) in [5, 5.41) is 14.3. The van der Waals surface area contributed by atoms with Gasteiger partial charge in [0, 0.05) is 6.54 Å². The van der Waals surface area contributed by atoms with Gasteiger partial charge in [-0.3, -0.25) is 4.79 Å². The van der Waals surface area contributed by atoms with Gasteiger partial charge < -0.3 is 15.3 Å². The highest BCUT2D eigenvalue weighted by molar-refractivity contribution is 5.98. The number of carbonyl (C=O) groups is 1. The summed E-state index contributed by atoms with van der Waals surface area (Å²) in [6.07, 6.45) is 1.60. The molecule has 0 radical (unpaired) electrons. The monoisotopic (exact) mass is 248 g/mol. The molecule has 0 aliphatic rings. The number of amides is 1. The first-order chi connectivity index (χ1) is 8.67. The fourth-order valence-corrected chi connectivity index (χ4v) is 1.24. The second-order valence-corrected chi connectivity index (χ2v) is 3.59. The summed E-state index contributed by atoms with van der Waals surface area (Å²) in [5.74, 6) is 0.380. The number of ether oxygens (including phenoxy) is 1. The molecule has 5 nitrogen and oxygen atoms in total. The third-order valence-electron chi connectivity index (χ3n) is 2.24. The summed E-state index contributed by atoms with van der Waals surface area (Å²) in [4.78, 5) is 11.3. The van der Waals surface area contributed by atoms with Gasteiger partial charge in [-0.15, -0.1) is 6.58 Å². The standard InChI is InChI=1S/C13H16N2O3/c1-3-8-14-13(16)9-18-12-6-4-11(5-7-12)10(2)15-17/h3-7,17H,1,8-9H2,2H3,(H,14,16)/b15-10+. The quantitative estimate of drug-likeness (QED) is 0.347. The molecular weight excluding hydrogens is 232 g/mol. The average molecular weight is 248 g/mol. The smallest absolute Gasteiger partial charge is 0.258 e. The van der Waals surface area contributed by atoms with E-state index in [0.29, 0.717) is 18.0 Å². The molecule has 2 N–H and O–H groups in total. The Hall–Kier alpha value is -2.30. The van der Waals surface area contributed by atoms with Crippen molar-refractivity contribution < 1.29 is 14.7 Å². The molecule has 1 amide bonds. The first-order valence-electron chi connectivity index (χ1n) is 5.47. The number of rotatable bonds is 6. The van der Waals surface area contributed by atoms with Crippen LogP contribution in [0.1, 0.15) is 12.5 Å². The van der Waals surface area contributed by atoms with E-state index < -0.39 is 0 Å². The predicted molar refractivity (Wildman–Crippen MR) is 69.1 cm³/mol. The van der Waals surface area contributed by atoms with E-state index in [1.54, 1.807) is 37.3 Å². The Morgan fingerprint density at radius 1 is 1.50 bits per heavy atom. The lowest BCUT2D eigenvalue weighted by Crippen LogP contribution is -2.28. The maximum absolute atomic E-state index is 11.3. The summed E-state index contributed by atoms with van der Waals surface area (Å²) >= 11 is 0. The van der Waals surface area contributed by atoms with Gasteiger partial charge >= 0.3 is 0 Å². The van der Waals surface area contributed by atoms with Crippen molar-refractivity contribution in [2.24, 2.45) is 5.16 Å². The number of hydrogen-bond acceptors (Lipinski definition) is 4. The second kappa shape index (κ2) is 7.11. The lowest BCUT2D eigenvalue weighted by molar-refractivity contribution is -0.122. The molecule has 0 saturated heterocycles. The molecule has 1 aromatic carbocycles. The molecule has 0 spiro atoms. The van der Waals surface area contributed by atoms with Crippen molar-refractivity contribution in [1.29, 1.82) is 0 Å². The number of nitrogens with one attached hydrogen (secondary N) is 1. The van der Waals surface area contributed by atoms with E-state index in [1.165, 1.54) is 0 Å². The molecule has 18 heavy (non-hydrogen) atoms. The van der Waals surface area contributed by atoms with Crippen LogP contribution in [0.2, 0.25) is 0 Å². The van der Waals surface area contributed by atoms with Gasteiger partial charge in [0.15, 0.2) is 6.61 Å². The van der Waals surface area contributed by atoms with E-state index >= 15 is 0 Å². The van der Waals surface area contributed by atoms with E-state index in [2.05, 4.69) is 17.1 Å². The zero-order valence-electron chi connectivity index (χ0n) is 10.2. The van der Waals surface area contributed by atoms with Crippen LogP contribution in [0.25, 0.3) is 0 Å². The molecule has 0 aliphatic carbocycles. The van der Waals surface area contributed by atoms with Crippen LogP contribution in [0, 0.1) is 0 Å². The largest absolute Gasteiger partial charge is 0.484 e. The number of hydrogen-bond donors (Lipinski definition) is 2. The summed E-state index contributed by atoms with van der Waals surface area (Å²) in [6, 6.07) is 6.94. The molecule has 0 aromatic heterocycles. The van der Waals surface area contributed by atoms with Gasteiger partial charge in [0.1, 0.15) is 5.75 Å². The fourth-order valence-electron chi connectivity index (χ4n) is 1.24. The minimum Gasteiger partial charge on any atom is -0.484 e. The maximum atomic E-state index is 11.3. The van der Waals surface area contributed by atoms with Crippen LogP contribution in [0.5, 0.6) is 5.75 Å². The van der Waals surface area contributed by atoms with E-state index in [-0.39, 0.29) is 12.5 Å². The normalized spacial score (nSPS) is 10.8. The Balaban J connectivity index is 2.49. The predicted octanol–water partition coefficient (Wildman–Crippen LogP) is 1.57. The lowest BCUT2D eigenvalue weighted by atomic mass is 10.1. The maximum Gasteiger partial charge on any atom is 0.258 e. The molecule has 0 fully saturated rings.